The van der Waals surface area contributed by atoms with Crippen molar-refractivity contribution in [1.29, 1.82) is 0 Å². The molecule has 0 atom stereocenters. The van der Waals surface area contributed by atoms with Crippen molar-refractivity contribution in [2.24, 2.45) is 0 Å². The lowest BCUT2D eigenvalue weighted by molar-refractivity contribution is -0.645. The third-order valence-electron chi connectivity index (χ3n) is 4.22. The minimum absolute atomic E-state index is 0.986. The monoisotopic (exact) mass is 274 g/mol. The Morgan fingerprint density at radius 2 is 1.85 bits per heavy atom. The van der Waals surface area contributed by atoms with Crippen LogP contribution < -0.4 is 4.57 Å². The fourth-order valence-corrected chi connectivity index (χ4v) is 4.09. The Labute approximate surface area is 120 Å². The molecule has 0 N–H and O–H groups in total. The van der Waals surface area contributed by atoms with Crippen LogP contribution in [0.15, 0.2) is 60.0 Å². The number of aromatic nitrogens is 1. The molecular weight excluding hydrogens is 262 g/mol. The van der Waals surface area contributed by atoms with Gasteiger partial charge in [0.25, 0.3) is 0 Å². The highest BCUT2D eigenvalue weighted by molar-refractivity contribution is 7.17. The van der Waals surface area contributed by atoms with E-state index in [1.165, 1.54) is 37.8 Å². The topological polar surface area (TPSA) is 3.88 Å². The van der Waals surface area contributed by atoms with Crippen molar-refractivity contribution >= 4 is 32.3 Å². The van der Waals surface area contributed by atoms with Crippen LogP contribution >= 0.6 is 11.3 Å². The quantitative estimate of drug-likeness (QED) is 0.369. The molecule has 0 bridgehead atoms. The first-order valence-corrected chi connectivity index (χ1v) is 7.70. The molecule has 0 aliphatic carbocycles. The average molecular weight is 274 g/mol. The van der Waals surface area contributed by atoms with Crippen molar-refractivity contribution in [3.8, 4) is 11.3 Å². The maximum Gasteiger partial charge on any atom is 0.213 e. The summed E-state index contributed by atoms with van der Waals surface area (Å²) in [6.45, 7) is 0.986. The zero-order chi connectivity index (χ0) is 13.1. The number of hydrogen-bond acceptors (Lipinski definition) is 1. The van der Waals surface area contributed by atoms with Gasteiger partial charge in [-0.25, -0.2) is 0 Å². The summed E-state index contributed by atoms with van der Waals surface area (Å²) in [6, 6.07) is 20.0. The Morgan fingerprint density at radius 3 is 2.85 bits per heavy atom. The molecule has 94 valence electrons. The van der Waals surface area contributed by atoms with Gasteiger partial charge in [-0.05, 0) is 41.1 Å². The number of para-hydroxylation sites is 1. The van der Waals surface area contributed by atoms with Crippen LogP contribution in [0.2, 0.25) is 0 Å². The van der Waals surface area contributed by atoms with Crippen LogP contribution in [0, 0.1) is 0 Å². The second kappa shape index (κ2) is 3.68. The number of fused-ring (bicyclic) bond motifs is 6. The maximum absolute atomic E-state index is 2.43. The van der Waals surface area contributed by atoms with E-state index in [9.17, 15) is 0 Å². The standard InChI is InChI=1S/C18H12NS/c1-2-4-16-12(3-1)5-6-17-15-9-13-7-8-20-18(13)10-14(15)11-19(16)17/h1-10H,11H2/q+1. The van der Waals surface area contributed by atoms with Gasteiger partial charge in [-0.15, -0.1) is 11.3 Å². The molecule has 1 aliphatic rings. The molecule has 2 aromatic heterocycles. The minimum Gasteiger partial charge on any atom is -0.187 e. The van der Waals surface area contributed by atoms with Crippen molar-refractivity contribution in [1.82, 2.24) is 0 Å². The van der Waals surface area contributed by atoms with E-state index in [0.717, 1.165) is 6.54 Å². The van der Waals surface area contributed by atoms with E-state index >= 15 is 0 Å². The molecule has 0 spiro atoms. The molecule has 0 saturated carbocycles. The SMILES string of the molecule is c1ccc2c(c1)ccc1[n+]2Cc2cc3sccc3cc2-1. The summed E-state index contributed by atoms with van der Waals surface area (Å²) in [5.41, 5.74) is 5.49. The molecule has 0 amide bonds. The maximum atomic E-state index is 2.43. The largest absolute Gasteiger partial charge is 0.213 e. The highest BCUT2D eigenvalue weighted by Gasteiger charge is 2.28. The average Bonchev–Trinajstić information content (AvgIpc) is 3.08. The zero-order valence-electron chi connectivity index (χ0n) is 10.8. The van der Waals surface area contributed by atoms with Gasteiger partial charge in [0.15, 0.2) is 6.54 Å². The molecule has 0 fully saturated rings. The normalized spacial score (nSPS) is 12.8. The van der Waals surface area contributed by atoms with Gasteiger partial charge in [-0.2, -0.15) is 4.57 Å². The van der Waals surface area contributed by atoms with Gasteiger partial charge in [0.1, 0.15) is 0 Å². The summed E-state index contributed by atoms with van der Waals surface area (Å²) in [7, 11) is 0. The Hall–Kier alpha value is -2.19. The third kappa shape index (κ3) is 1.29. The van der Waals surface area contributed by atoms with E-state index in [-0.39, 0.29) is 0 Å². The lowest BCUT2D eigenvalue weighted by Crippen LogP contribution is -2.33. The van der Waals surface area contributed by atoms with Crippen molar-refractivity contribution in [2.75, 3.05) is 0 Å². The number of benzene rings is 2. The second-order valence-electron chi connectivity index (χ2n) is 5.33. The summed E-state index contributed by atoms with van der Waals surface area (Å²) in [6.07, 6.45) is 0. The first-order chi connectivity index (χ1) is 9.90. The molecule has 2 heteroatoms. The van der Waals surface area contributed by atoms with E-state index in [2.05, 4.69) is 64.5 Å². The van der Waals surface area contributed by atoms with Gasteiger partial charge in [-0.1, -0.05) is 12.1 Å². The van der Waals surface area contributed by atoms with E-state index in [1.54, 1.807) is 0 Å². The van der Waals surface area contributed by atoms with Crippen LogP contribution in [0.4, 0.5) is 0 Å². The molecule has 2 aromatic carbocycles. The highest BCUT2D eigenvalue weighted by atomic mass is 32.1. The lowest BCUT2D eigenvalue weighted by Gasteiger charge is -1.98. The highest BCUT2D eigenvalue weighted by Crippen LogP contribution is 2.34. The van der Waals surface area contributed by atoms with Crippen LogP contribution in [0.1, 0.15) is 5.56 Å². The fourth-order valence-electron chi connectivity index (χ4n) is 3.26. The van der Waals surface area contributed by atoms with Crippen molar-refractivity contribution in [3.63, 3.8) is 0 Å². The van der Waals surface area contributed by atoms with E-state index in [1.807, 2.05) is 11.3 Å². The van der Waals surface area contributed by atoms with Crippen LogP contribution in [0.25, 0.3) is 32.2 Å². The second-order valence-corrected chi connectivity index (χ2v) is 6.28. The van der Waals surface area contributed by atoms with Crippen LogP contribution in [0.3, 0.4) is 0 Å². The van der Waals surface area contributed by atoms with Gasteiger partial charge in [0.2, 0.25) is 11.2 Å². The molecule has 5 rings (SSSR count). The molecule has 0 radical (unpaired) electrons. The summed E-state index contributed by atoms with van der Waals surface area (Å²) in [4.78, 5) is 0. The fraction of sp³-hybridized carbons (Fsp3) is 0.0556. The lowest BCUT2D eigenvalue weighted by atomic mass is 10.1. The predicted octanol–water partition coefficient (Wildman–Crippen LogP) is 4.37. The summed E-state index contributed by atoms with van der Waals surface area (Å²) < 4.78 is 3.82. The zero-order valence-corrected chi connectivity index (χ0v) is 11.7. The van der Waals surface area contributed by atoms with Crippen LogP contribution in [0.5, 0.6) is 0 Å². The van der Waals surface area contributed by atoms with Crippen LogP contribution in [-0.2, 0) is 6.54 Å². The number of nitrogens with zero attached hydrogens (tertiary/aromatic N) is 1. The summed E-state index contributed by atoms with van der Waals surface area (Å²) in [5, 5.41) is 4.84. The van der Waals surface area contributed by atoms with Gasteiger partial charge < -0.3 is 0 Å². The minimum atomic E-state index is 0.986. The smallest absolute Gasteiger partial charge is 0.187 e. The molecule has 0 saturated heterocycles. The molecule has 1 nitrogen and oxygen atoms in total. The van der Waals surface area contributed by atoms with E-state index < -0.39 is 0 Å². The molecule has 4 aromatic rings. The number of pyridine rings is 1. The Bertz CT molecular complexity index is 981. The van der Waals surface area contributed by atoms with Gasteiger partial charge >= 0.3 is 0 Å². The van der Waals surface area contributed by atoms with Gasteiger partial charge in [0, 0.05) is 27.8 Å². The van der Waals surface area contributed by atoms with Crippen molar-refractivity contribution in [2.45, 2.75) is 6.54 Å². The van der Waals surface area contributed by atoms with Gasteiger partial charge in [0.05, 0.1) is 5.56 Å². The van der Waals surface area contributed by atoms with Crippen LogP contribution in [-0.4, -0.2) is 0 Å². The number of thiophene rings is 1. The molecule has 3 heterocycles. The van der Waals surface area contributed by atoms with Gasteiger partial charge in [-0.3, -0.25) is 0 Å². The van der Waals surface area contributed by atoms with E-state index in [0.29, 0.717) is 0 Å². The first-order valence-electron chi connectivity index (χ1n) is 6.82. The predicted molar refractivity (Wildman–Crippen MR) is 84.1 cm³/mol. The Kier molecular flexibility index (Phi) is 1.94. The molecule has 20 heavy (non-hydrogen) atoms. The third-order valence-corrected chi connectivity index (χ3v) is 5.10. The number of hydrogen-bond donors (Lipinski definition) is 0. The Morgan fingerprint density at radius 1 is 0.900 bits per heavy atom. The molecule has 1 aliphatic heterocycles. The Balaban J connectivity index is 1.88. The van der Waals surface area contributed by atoms with Crippen molar-refractivity contribution < 1.29 is 4.57 Å². The van der Waals surface area contributed by atoms with Crippen molar-refractivity contribution in [3.05, 3.63) is 65.5 Å². The molecule has 0 unspecified atom stereocenters. The van der Waals surface area contributed by atoms with E-state index in [4.69, 9.17) is 0 Å². The molecular formula is C18H12NS+. The summed E-state index contributed by atoms with van der Waals surface area (Å²) >= 11 is 1.83. The number of rotatable bonds is 0. The first kappa shape index (κ1) is 10.6. The summed E-state index contributed by atoms with van der Waals surface area (Å²) in [5.74, 6) is 0.